The maximum absolute atomic E-state index is 13.2. The normalized spacial score (nSPS) is 13.7. The SMILES string of the molecule is CNC(=O)[C@H](Cc1ccccc1)NC(=O)[C@H](CC(C)C)NCCC(NC(=O)OCc1ccccc1)P(=O)(O)O. The number of hydrogen-bond acceptors (Lipinski definition) is 6. The molecule has 6 N–H and O–H groups in total. The highest BCUT2D eigenvalue weighted by Crippen LogP contribution is 2.41. The summed E-state index contributed by atoms with van der Waals surface area (Å²) in [7, 11) is -3.22. The van der Waals surface area contributed by atoms with Crippen molar-refractivity contribution in [2.45, 2.75) is 57.6 Å². The molecule has 0 aliphatic heterocycles. The molecule has 3 atom stereocenters. The molecule has 2 aromatic rings. The van der Waals surface area contributed by atoms with Gasteiger partial charge in [0, 0.05) is 13.5 Å². The zero-order valence-electron chi connectivity index (χ0n) is 22.5. The predicted octanol–water partition coefficient (Wildman–Crippen LogP) is 2.28. The number of carbonyl (C=O) groups is 3. The third kappa shape index (κ3) is 12.0. The summed E-state index contributed by atoms with van der Waals surface area (Å²) in [6, 6.07) is 16.7. The molecule has 2 rings (SSSR count). The molecular weight excluding hydrogens is 523 g/mol. The molecule has 0 aliphatic carbocycles. The Hall–Kier alpha value is -3.24. The molecular formula is C27H39N4O7P. The summed E-state index contributed by atoms with van der Waals surface area (Å²) in [6.07, 6.45) is -0.395. The minimum Gasteiger partial charge on any atom is -0.445 e. The lowest BCUT2D eigenvalue weighted by atomic mass is 10.0. The zero-order valence-corrected chi connectivity index (χ0v) is 23.4. The van der Waals surface area contributed by atoms with Crippen LogP contribution >= 0.6 is 7.60 Å². The summed E-state index contributed by atoms with van der Waals surface area (Å²) in [5.41, 5.74) is 1.61. The van der Waals surface area contributed by atoms with Crippen LogP contribution in [0.2, 0.25) is 0 Å². The Kier molecular flexibility index (Phi) is 13.1. The highest BCUT2D eigenvalue weighted by molar-refractivity contribution is 7.52. The van der Waals surface area contributed by atoms with Gasteiger partial charge in [0.1, 0.15) is 18.4 Å². The van der Waals surface area contributed by atoms with Gasteiger partial charge in [-0.1, -0.05) is 74.5 Å². The van der Waals surface area contributed by atoms with Crippen LogP contribution in [0.3, 0.4) is 0 Å². The Balaban J connectivity index is 1.99. The van der Waals surface area contributed by atoms with Gasteiger partial charge in [0.05, 0.1) is 6.04 Å². The smallest absolute Gasteiger partial charge is 0.408 e. The fourth-order valence-electron chi connectivity index (χ4n) is 3.88. The molecule has 0 fully saturated rings. The van der Waals surface area contributed by atoms with Crippen LogP contribution < -0.4 is 21.3 Å². The number of carbonyl (C=O) groups excluding carboxylic acids is 3. The van der Waals surface area contributed by atoms with Crippen molar-refractivity contribution in [2.24, 2.45) is 5.92 Å². The molecule has 0 radical (unpaired) electrons. The van der Waals surface area contributed by atoms with Crippen molar-refractivity contribution >= 4 is 25.5 Å². The molecule has 0 aromatic heterocycles. The Morgan fingerprint density at radius 3 is 2.00 bits per heavy atom. The lowest BCUT2D eigenvalue weighted by Crippen LogP contribution is -2.53. The van der Waals surface area contributed by atoms with Crippen LogP contribution in [0.5, 0.6) is 0 Å². The van der Waals surface area contributed by atoms with Crippen LogP contribution in [-0.4, -0.2) is 59.2 Å². The second-order valence-electron chi connectivity index (χ2n) is 9.60. The lowest BCUT2D eigenvalue weighted by Gasteiger charge is -2.25. The molecule has 0 bridgehead atoms. The first-order valence-electron chi connectivity index (χ1n) is 12.8. The topological polar surface area (TPSA) is 166 Å². The summed E-state index contributed by atoms with van der Waals surface area (Å²) >= 11 is 0. The molecule has 11 nitrogen and oxygen atoms in total. The minimum absolute atomic E-state index is 0.0167. The van der Waals surface area contributed by atoms with Crippen molar-refractivity contribution < 1.29 is 33.5 Å². The van der Waals surface area contributed by atoms with Crippen LogP contribution in [0.25, 0.3) is 0 Å². The van der Waals surface area contributed by atoms with E-state index in [9.17, 15) is 28.7 Å². The molecule has 0 saturated heterocycles. The molecule has 0 spiro atoms. The first-order valence-corrected chi connectivity index (χ1v) is 14.5. The second kappa shape index (κ2) is 16.0. The van der Waals surface area contributed by atoms with E-state index in [2.05, 4.69) is 21.3 Å². The van der Waals surface area contributed by atoms with E-state index in [1.54, 1.807) is 24.3 Å². The Morgan fingerprint density at radius 2 is 1.46 bits per heavy atom. The van der Waals surface area contributed by atoms with E-state index >= 15 is 0 Å². The Bertz CT molecular complexity index is 1100. The van der Waals surface area contributed by atoms with Crippen LogP contribution in [0.4, 0.5) is 4.79 Å². The summed E-state index contributed by atoms with van der Waals surface area (Å²) in [6.45, 7) is 3.84. The van der Waals surface area contributed by atoms with Gasteiger partial charge in [0.15, 0.2) is 0 Å². The first-order chi connectivity index (χ1) is 18.5. The van der Waals surface area contributed by atoms with Crippen molar-refractivity contribution in [1.29, 1.82) is 0 Å². The third-order valence-corrected chi connectivity index (χ3v) is 7.10. The van der Waals surface area contributed by atoms with Gasteiger partial charge in [0.25, 0.3) is 0 Å². The number of likely N-dealkylation sites (N-methyl/N-ethyl adjacent to an activating group) is 1. The van der Waals surface area contributed by atoms with E-state index in [-0.39, 0.29) is 31.4 Å². The van der Waals surface area contributed by atoms with Crippen LogP contribution in [0.1, 0.15) is 37.8 Å². The summed E-state index contributed by atoms with van der Waals surface area (Å²) in [4.78, 5) is 57.4. The molecule has 3 amide bonds. The molecule has 0 heterocycles. The molecule has 12 heteroatoms. The molecule has 1 unspecified atom stereocenters. The summed E-state index contributed by atoms with van der Waals surface area (Å²) < 4.78 is 17.1. The van der Waals surface area contributed by atoms with Crippen LogP contribution in [0.15, 0.2) is 60.7 Å². The van der Waals surface area contributed by atoms with Crippen molar-refractivity contribution in [3.8, 4) is 0 Å². The van der Waals surface area contributed by atoms with Gasteiger partial charge < -0.3 is 35.8 Å². The summed E-state index contributed by atoms with van der Waals surface area (Å²) in [5, 5.41) is 10.6. The lowest BCUT2D eigenvalue weighted by molar-refractivity contribution is -0.130. The number of ether oxygens (including phenoxy) is 1. The third-order valence-electron chi connectivity index (χ3n) is 5.90. The second-order valence-corrected chi connectivity index (χ2v) is 11.4. The highest BCUT2D eigenvalue weighted by atomic mass is 31.2. The predicted molar refractivity (Wildman–Crippen MR) is 148 cm³/mol. The van der Waals surface area contributed by atoms with Gasteiger partial charge >= 0.3 is 13.7 Å². The van der Waals surface area contributed by atoms with Gasteiger partial charge in [0.2, 0.25) is 11.8 Å². The molecule has 214 valence electrons. The van der Waals surface area contributed by atoms with Gasteiger partial charge in [-0.25, -0.2) is 4.79 Å². The van der Waals surface area contributed by atoms with E-state index in [1.165, 1.54) is 7.05 Å². The van der Waals surface area contributed by atoms with Gasteiger partial charge in [-0.2, -0.15) is 0 Å². The van der Waals surface area contributed by atoms with E-state index in [4.69, 9.17) is 4.74 Å². The van der Waals surface area contributed by atoms with Crippen molar-refractivity contribution in [2.75, 3.05) is 13.6 Å². The van der Waals surface area contributed by atoms with E-state index < -0.39 is 37.5 Å². The molecule has 0 aliphatic rings. The average molecular weight is 563 g/mol. The van der Waals surface area contributed by atoms with Gasteiger partial charge in [-0.15, -0.1) is 0 Å². The number of hydrogen-bond donors (Lipinski definition) is 6. The van der Waals surface area contributed by atoms with Gasteiger partial charge in [-0.3, -0.25) is 14.2 Å². The van der Waals surface area contributed by atoms with Gasteiger partial charge in [-0.05, 0) is 36.4 Å². The quantitative estimate of drug-likeness (QED) is 0.180. The van der Waals surface area contributed by atoms with E-state index in [0.717, 1.165) is 11.1 Å². The van der Waals surface area contributed by atoms with E-state index in [1.807, 2.05) is 50.2 Å². The minimum atomic E-state index is -4.72. The fourth-order valence-corrected chi connectivity index (χ4v) is 4.62. The zero-order chi connectivity index (χ0) is 28.8. The number of amides is 3. The van der Waals surface area contributed by atoms with E-state index in [0.29, 0.717) is 12.8 Å². The maximum atomic E-state index is 13.2. The maximum Gasteiger partial charge on any atom is 0.408 e. The first kappa shape index (κ1) is 32.0. The number of rotatable bonds is 15. The van der Waals surface area contributed by atoms with Crippen LogP contribution in [-0.2, 0) is 31.9 Å². The van der Waals surface area contributed by atoms with Crippen molar-refractivity contribution in [3.63, 3.8) is 0 Å². The standard InChI is InChI=1S/C27H39N4O7P/c1-19(2)16-22(26(33)30-23(25(32)28-3)17-20-10-6-4-7-11-20)29-15-14-24(39(35,36)37)31-27(34)38-18-21-12-8-5-9-13-21/h4-13,19,22-24,29H,14-18H2,1-3H3,(H,28,32)(H,30,33)(H,31,34)(H2,35,36,37)/t22-,23-,24?/m0/s1. The van der Waals surface area contributed by atoms with Crippen molar-refractivity contribution in [1.82, 2.24) is 21.3 Å². The highest BCUT2D eigenvalue weighted by Gasteiger charge is 2.32. The van der Waals surface area contributed by atoms with Crippen molar-refractivity contribution in [3.05, 3.63) is 71.8 Å². The Morgan fingerprint density at radius 1 is 0.872 bits per heavy atom. The Labute approximate surface area is 229 Å². The average Bonchev–Trinajstić information content (AvgIpc) is 2.90. The molecule has 2 aromatic carbocycles. The molecule has 0 saturated carbocycles. The summed E-state index contributed by atoms with van der Waals surface area (Å²) in [5.74, 6) is -2.14. The number of benzene rings is 2. The number of alkyl carbamates (subject to hydrolysis) is 1. The fraction of sp³-hybridized carbons (Fsp3) is 0.444. The van der Waals surface area contributed by atoms with Crippen LogP contribution in [0, 0.1) is 5.92 Å². The monoisotopic (exact) mass is 562 g/mol. The molecule has 39 heavy (non-hydrogen) atoms. The largest absolute Gasteiger partial charge is 0.445 e. The number of nitrogens with one attached hydrogen (secondary N) is 4.